The van der Waals surface area contributed by atoms with E-state index in [1.54, 1.807) is 23.0 Å². The summed E-state index contributed by atoms with van der Waals surface area (Å²) in [6.45, 7) is 5.80. The molecule has 10 heteroatoms. The molecule has 5 rings (SSSR count). The monoisotopic (exact) mass is 473 g/mol. The van der Waals surface area contributed by atoms with Crippen molar-refractivity contribution < 1.29 is 13.7 Å². The second-order valence-electron chi connectivity index (χ2n) is 9.47. The predicted molar refractivity (Wildman–Crippen MR) is 127 cm³/mol. The summed E-state index contributed by atoms with van der Waals surface area (Å²) >= 11 is 0. The van der Waals surface area contributed by atoms with Crippen molar-refractivity contribution in [1.29, 1.82) is 0 Å². The van der Waals surface area contributed by atoms with Crippen LogP contribution < -0.4 is 0 Å². The van der Waals surface area contributed by atoms with Gasteiger partial charge < -0.3 is 9.51 Å². The summed E-state index contributed by atoms with van der Waals surface area (Å²) in [6, 6.07) is 6.84. The van der Waals surface area contributed by atoms with Gasteiger partial charge in [-0.2, -0.15) is 10.1 Å². The predicted octanol–water partition coefficient (Wildman–Crippen LogP) is 4.66. The Morgan fingerprint density at radius 2 is 2.00 bits per heavy atom. The van der Waals surface area contributed by atoms with Crippen LogP contribution in [0.1, 0.15) is 49.3 Å². The molecule has 0 saturated carbocycles. The number of carbonyl (C=O) groups is 1. The van der Waals surface area contributed by atoms with Gasteiger partial charge in [-0.1, -0.05) is 38.1 Å². The first-order chi connectivity index (χ1) is 16.7. The highest BCUT2D eigenvalue weighted by atomic mass is 19.1. The summed E-state index contributed by atoms with van der Waals surface area (Å²) in [5, 5.41) is 8.85. The smallest absolute Gasteiger partial charge is 0.294 e. The molecule has 5 aromatic rings. The van der Waals surface area contributed by atoms with E-state index in [-0.39, 0.29) is 29.9 Å². The van der Waals surface area contributed by atoms with E-state index in [2.05, 4.69) is 30.2 Å². The second kappa shape index (κ2) is 8.53. The van der Waals surface area contributed by atoms with Crippen molar-refractivity contribution in [3.05, 3.63) is 66.1 Å². The summed E-state index contributed by atoms with van der Waals surface area (Å²) in [5.41, 5.74) is 3.75. The number of H-pyrrole nitrogens is 1. The van der Waals surface area contributed by atoms with Gasteiger partial charge in [0.1, 0.15) is 17.8 Å². The van der Waals surface area contributed by atoms with Gasteiger partial charge in [0.05, 0.1) is 17.6 Å². The zero-order chi connectivity index (χ0) is 24.7. The molecule has 0 unspecified atom stereocenters. The number of aromatic nitrogens is 7. The molecule has 1 aromatic carbocycles. The zero-order valence-electron chi connectivity index (χ0n) is 19.8. The van der Waals surface area contributed by atoms with E-state index < -0.39 is 5.82 Å². The fraction of sp³-hybridized carbons (Fsp3) is 0.280. The minimum atomic E-state index is -0.411. The van der Waals surface area contributed by atoms with E-state index in [0.717, 1.165) is 16.6 Å². The van der Waals surface area contributed by atoms with E-state index in [1.807, 2.05) is 40.1 Å². The first kappa shape index (κ1) is 22.6. The summed E-state index contributed by atoms with van der Waals surface area (Å²) in [7, 11) is 1.85. The maximum atomic E-state index is 15.0. The molecule has 0 atom stereocenters. The topological polar surface area (TPSA) is 115 Å². The van der Waals surface area contributed by atoms with E-state index in [9.17, 15) is 9.18 Å². The van der Waals surface area contributed by atoms with Gasteiger partial charge in [0.2, 0.25) is 5.78 Å². The Bertz CT molecular complexity index is 1540. The Kier molecular flexibility index (Phi) is 5.50. The number of fused-ring (bicyclic) bond motifs is 1. The highest BCUT2D eigenvalue weighted by Gasteiger charge is 2.24. The van der Waals surface area contributed by atoms with Gasteiger partial charge in [-0.05, 0) is 24.1 Å². The third-order valence-corrected chi connectivity index (χ3v) is 5.72. The molecule has 0 aliphatic rings. The van der Waals surface area contributed by atoms with Gasteiger partial charge in [-0.15, -0.1) is 0 Å². The van der Waals surface area contributed by atoms with Crippen molar-refractivity contribution in [3.8, 4) is 22.5 Å². The summed E-state index contributed by atoms with van der Waals surface area (Å²) in [5.74, 6) is -0.313. The lowest BCUT2D eigenvalue weighted by Gasteiger charge is -2.10. The fourth-order valence-corrected chi connectivity index (χ4v) is 3.78. The van der Waals surface area contributed by atoms with Crippen LogP contribution in [0.4, 0.5) is 4.39 Å². The molecule has 0 radical (unpaired) electrons. The van der Waals surface area contributed by atoms with Gasteiger partial charge in [-0.25, -0.2) is 14.4 Å². The zero-order valence-corrected chi connectivity index (χ0v) is 19.8. The molecule has 0 bridgehead atoms. The van der Waals surface area contributed by atoms with Crippen LogP contribution in [0.5, 0.6) is 0 Å². The number of nitrogens with one attached hydrogen (secondary N) is 1. The second-order valence-corrected chi connectivity index (χ2v) is 9.47. The third-order valence-electron chi connectivity index (χ3n) is 5.72. The van der Waals surface area contributed by atoms with Crippen LogP contribution >= 0.6 is 0 Å². The number of carbonyl (C=O) groups excluding carboxylic acids is 1. The van der Waals surface area contributed by atoms with Crippen LogP contribution in [0.2, 0.25) is 0 Å². The number of hydrogen-bond acceptors (Lipinski definition) is 7. The number of benzene rings is 1. The number of rotatable bonds is 6. The minimum Gasteiger partial charge on any atom is -0.339 e. The third kappa shape index (κ3) is 4.46. The largest absolute Gasteiger partial charge is 0.339 e. The molecule has 9 nitrogen and oxygen atoms in total. The Hall–Kier alpha value is -4.21. The highest BCUT2D eigenvalue weighted by molar-refractivity contribution is 5.94. The highest BCUT2D eigenvalue weighted by Crippen LogP contribution is 2.30. The fourth-order valence-electron chi connectivity index (χ4n) is 3.78. The first-order valence-electron chi connectivity index (χ1n) is 11.2. The van der Waals surface area contributed by atoms with Crippen molar-refractivity contribution in [2.75, 3.05) is 0 Å². The molecule has 0 saturated heterocycles. The number of ketones is 1. The molecule has 0 aliphatic heterocycles. The average molecular weight is 474 g/mol. The van der Waals surface area contributed by atoms with E-state index >= 15 is 0 Å². The Morgan fingerprint density at radius 1 is 1.17 bits per heavy atom. The molecular formula is C25H24FN7O2. The molecule has 0 amide bonds. The van der Waals surface area contributed by atoms with Crippen LogP contribution in [0.15, 0.2) is 47.5 Å². The molecule has 0 aliphatic carbocycles. The summed E-state index contributed by atoms with van der Waals surface area (Å²) in [4.78, 5) is 28.6. The number of nitrogens with zero attached hydrogens (tertiary/aromatic N) is 6. The molecule has 35 heavy (non-hydrogen) atoms. The van der Waals surface area contributed by atoms with E-state index in [0.29, 0.717) is 28.3 Å². The van der Waals surface area contributed by atoms with Crippen LogP contribution in [0.3, 0.4) is 0 Å². The lowest BCUT2D eigenvalue weighted by molar-refractivity contribution is 0.0940. The van der Waals surface area contributed by atoms with Crippen molar-refractivity contribution >= 4 is 16.8 Å². The Labute approximate surface area is 200 Å². The number of aromatic amines is 1. The lowest BCUT2D eigenvalue weighted by atomic mass is 9.96. The molecule has 0 fully saturated rings. The van der Waals surface area contributed by atoms with Crippen LogP contribution in [0, 0.1) is 5.82 Å². The lowest BCUT2D eigenvalue weighted by Crippen LogP contribution is -2.13. The molecule has 4 aromatic heterocycles. The molecule has 178 valence electrons. The van der Waals surface area contributed by atoms with Gasteiger partial charge in [0.15, 0.2) is 5.82 Å². The Morgan fingerprint density at radius 3 is 2.69 bits per heavy atom. The van der Waals surface area contributed by atoms with Crippen molar-refractivity contribution in [1.82, 2.24) is 34.9 Å². The number of aryl methyl sites for hydroxylation is 2. The Balaban J connectivity index is 1.36. The van der Waals surface area contributed by atoms with Crippen LogP contribution in [-0.4, -0.2) is 40.7 Å². The maximum absolute atomic E-state index is 15.0. The summed E-state index contributed by atoms with van der Waals surface area (Å²) in [6.07, 6.45) is 5.37. The van der Waals surface area contributed by atoms with Crippen molar-refractivity contribution in [2.45, 2.75) is 39.0 Å². The normalized spacial score (nSPS) is 11.9. The van der Waals surface area contributed by atoms with Gasteiger partial charge in [-0.3, -0.25) is 9.48 Å². The number of halogens is 1. The van der Waals surface area contributed by atoms with E-state index in [4.69, 9.17) is 4.52 Å². The minimum absolute atomic E-state index is 0.0489. The SMILES string of the molecule is Cn1cc(-c2cc3c(-c4ccc(CCC(=O)c5nc(C(C)(C)C)no5)c(F)c4)ncnc3[nH]2)cn1. The maximum Gasteiger partial charge on any atom is 0.294 e. The van der Waals surface area contributed by atoms with Crippen molar-refractivity contribution in [2.24, 2.45) is 7.05 Å². The van der Waals surface area contributed by atoms with Crippen molar-refractivity contribution in [3.63, 3.8) is 0 Å². The molecule has 0 spiro atoms. The standard InChI is InChI=1S/C25H24FN7O2/c1-25(2,3)24-31-23(35-32-24)20(34)8-7-14-5-6-15(9-18(14)26)21-17-10-19(16-11-29-33(4)12-16)30-22(17)28-13-27-21/h5-6,9-13H,7-8H2,1-4H3,(H,27,28,30). The average Bonchev–Trinajstić information content (AvgIpc) is 3.56. The summed E-state index contributed by atoms with van der Waals surface area (Å²) < 4.78 is 21.8. The molecule has 4 heterocycles. The van der Waals surface area contributed by atoms with Gasteiger partial charge >= 0.3 is 0 Å². The molecular weight excluding hydrogens is 449 g/mol. The quantitative estimate of drug-likeness (QED) is 0.357. The first-order valence-corrected chi connectivity index (χ1v) is 11.2. The van der Waals surface area contributed by atoms with Gasteiger partial charge in [0.25, 0.3) is 5.89 Å². The van der Waals surface area contributed by atoms with Crippen LogP contribution in [0.25, 0.3) is 33.5 Å². The van der Waals surface area contributed by atoms with Crippen LogP contribution in [-0.2, 0) is 18.9 Å². The molecule has 1 N–H and O–H groups in total. The number of hydrogen-bond donors (Lipinski definition) is 1. The van der Waals surface area contributed by atoms with Gasteiger partial charge in [0, 0.05) is 41.6 Å². The number of Topliss-reactive ketones (excluding diaryl/α,β-unsaturated/α-hetero) is 1. The van der Waals surface area contributed by atoms with E-state index in [1.165, 1.54) is 12.4 Å².